The third kappa shape index (κ3) is 2.70. The molecule has 5 nitrogen and oxygen atoms in total. The maximum absolute atomic E-state index is 11.7. The molecule has 0 amide bonds. The number of fused-ring (bicyclic) bond motifs is 1. The molecule has 0 saturated carbocycles. The van der Waals surface area contributed by atoms with E-state index >= 15 is 0 Å². The molecule has 0 aliphatic heterocycles. The van der Waals surface area contributed by atoms with E-state index in [-0.39, 0.29) is 18.6 Å². The van der Waals surface area contributed by atoms with Crippen LogP contribution in [0.5, 0.6) is 0 Å². The van der Waals surface area contributed by atoms with Gasteiger partial charge in [-0.3, -0.25) is 9.59 Å². The van der Waals surface area contributed by atoms with Crippen molar-refractivity contribution in [1.82, 2.24) is 10.3 Å². The van der Waals surface area contributed by atoms with Crippen LogP contribution in [0.15, 0.2) is 35.1 Å². The van der Waals surface area contributed by atoms with Crippen molar-refractivity contribution in [3.63, 3.8) is 0 Å². The number of rotatable bonds is 4. The van der Waals surface area contributed by atoms with Crippen molar-refractivity contribution >= 4 is 16.9 Å². The predicted molar refractivity (Wildman–Crippen MR) is 63.9 cm³/mol. The Morgan fingerprint density at radius 2 is 2.12 bits per heavy atom. The minimum absolute atomic E-state index is 0.160. The number of benzene rings is 1. The molecular weight excluding hydrogens is 220 g/mol. The summed E-state index contributed by atoms with van der Waals surface area (Å²) in [6.07, 6.45) is 0. The lowest BCUT2D eigenvalue weighted by atomic mass is 10.1. The van der Waals surface area contributed by atoms with Gasteiger partial charge in [-0.2, -0.15) is 0 Å². The van der Waals surface area contributed by atoms with Gasteiger partial charge in [0.25, 0.3) is 5.56 Å². The number of nitrogens with one attached hydrogen (secondary N) is 2. The number of H-pyrrole nitrogens is 1. The zero-order chi connectivity index (χ0) is 12.3. The van der Waals surface area contributed by atoms with E-state index in [1.165, 1.54) is 0 Å². The van der Waals surface area contributed by atoms with Gasteiger partial charge in [0.15, 0.2) is 0 Å². The second kappa shape index (κ2) is 4.80. The molecule has 88 valence electrons. The minimum atomic E-state index is -0.942. The molecule has 1 aromatic carbocycles. The number of hydrogen-bond donors (Lipinski definition) is 3. The fraction of sp³-hybridized carbons (Fsp3) is 0.167. The van der Waals surface area contributed by atoms with Crippen LogP contribution in [-0.2, 0) is 11.3 Å². The zero-order valence-corrected chi connectivity index (χ0v) is 9.06. The van der Waals surface area contributed by atoms with Crippen LogP contribution in [-0.4, -0.2) is 22.6 Å². The van der Waals surface area contributed by atoms with E-state index < -0.39 is 5.97 Å². The van der Waals surface area contributed by atoms with Crippen LogP contribution in [0.25, 0.3) is 10.9 Å². The molecule has 0 aliphatic carbocycles. The number of aliphatic carboxylic acids is 1. The lowest BCUT2D eigenvalue weighted by Crippen LogP contribution is -2.25. The Bertz CT molecular complexity index is 604. The summed E-state index contributed by atoms with van der Waals surface area (Å²) in [4.78, 5) is 24.8. The molecule has 0 bridgehead atoms. The van der Waals surface area contributed by atoms with E-state index in [0.717, 1.165) is 10.9 Å². The molecule has 0 aliphatic rings. The van der Waals surface area contributed by atoms with Crippen LogP contribution in [0.4, 0.5) is 0 Å². The Labute approximate surface area is 97.1 Å². The van der Waals surface area contributed by atoms with Crippen LogP contribution in [0.2, 0.25) is 0 Å². The number of carboxylic acid groups (broad SMARTS) is 1. The minimum Gasteiger partial charge on any atom is -0.480 e. The zero-order valence-electron chi connectivity index (χ0n) is 9.06. The van der Waals surface area contributed by atoms with E-state index in [1.807, 2.05) is 24.3 Å². The van der Waals surface area contributed by atoms with Crippen molar-refractivity contribution in [2.24, 2.45) is 0 Å². The number of pyridine rings is 1. The monoisotopic (exact) mass is 232 g/mol. The summed E-state index contributed by atoms with van der Waals surface area (Å²) in [5.41, 5.74) is 1.12. The SMILES string of the molecule is O=C(O)CNCc1cc2ccccc2[nH]c1=O. The third-order valence-corrected chi connectivity index (χ3v) is 2.42. The number of carboxylic acids is 1. The van der Waals surface area contributed by atoms with Gasteiger partial charge in [-0.15, -0.1) is 0 Å². The number of aromatic amines is 1. The quantitative estimate of drug-likeness (QED) is 0.724. The molecule has 1 heterocycles. The van der Waals surface area contributed by atoms with E-state index in [0.29, 0.717) is 5.56 Å². The second-order valence-electron chi connectivity index (χ2n) is 3.71. The van der Waals surface area contributed by atoms with Crippen molar-refractivity contribution in [3.8, 4) is 0 Å². The van der Waals surface area contributed by atoms with Gasteiger partial charge in [0.1, 0.15) is 0 Å². The fourth-order valence-corrected chi connectivity index (χ4v) is 1.63. The first-order valence-electron chi connectivity index (χ1n) is 5.20. The Kier molecular flexibility index (Phi) is 3.20. The van der Waals surface area contributed by atoms with Crippen molar-refractivity contribution < 1.29 is 9.90 Å². The van der Waals surface area contributed by atoms with Crippen molar-refractivity contribution in [3.05, 3.63) is 46.2 Å². The molecule has 3 N–H and O–H groups in total. The van der Waals surface area contributed by atoms with Crippen LogP contribution >= 0.6 is 0 Å². The smallest absolute Gasteiger partial charge is 0.317 e. The Hall–Kier alpha value is -2.14. The van der Waals surface area contributed by atoms with E-state index in [4.69, 9.17) is 5.11 Å². The van der Waals surface area contributed by atoms with Crippen LogP contribution < -0.4 is 10.9 Å². The lowest BCUT2D eigenvalue weighted by Gasteiger charge is -2.03. The second-order valence-corrected chi connectivity index (χ2v) is 3.71. The molecule has 0 radical (unpaired) electrons. The molecule has 17 heavy (non-hydrogen) atoms. The largest absolute Gasteiger partial charge is 0.480 e. The number of aromatic nitrogens is 1. The van der Waals surface area contributed by atoms with E-state index in [1.54, 1.807) is 6.07 Å². The molecule has 2 aromatic rings. The molecule has 0 saturated heterocycles. The van der Waals surface area contributed by atoms with Gasteiger partial charge in [0.2, 0.25) is 0 Å². The fourth-order valence-electron chi connectivity index (χ4n) is 1.63. The van der Waals surface area contributed by atoms with Crippen molar-refractivity contribution in [1.29, 1.82) is 0 Å². The summed E-state index contributed by atoms with van der Waals surface area (Å²) in [6.45, 7) is 0.0821. The molecular formula is C12H12N2O3. The highest BCUT2D eigenvalue weighted by Gasteiger charge is 2.03. The molecule has 2 rings (SSSR count). The van der Waals surface area contributed by atoms with Crippen LogP contribution in [0.3, 0.4) is 0 Å². The first kappa shape index (κ1) is 11.3. The third-order valence-electron chi connectivity index (χ3n) is 2.42. The first-order valence-corrected chi connectivity index (χ1v) is 5.20. The standard InChI is InChI=1S/C12H12N2O3/c15-11(16)7-13-6-9-5-8-3-1-2-4-10(8)14-12(9)17/h1-5,13H,6-7H2,(H,14,17)(H,15,16). The van der Waals surface area contributed by atoms with Gasteiger partial charge < -0.3 is 15.4 Å². The van der Waals surface area contributed by atoms with Gasteiger partial charge >= 0.3 is 5.97 Å². The topological polar surface area (TPSA) is 82.2 Å². The van der Waals surface area contributed by atoms with Crippen LogP contribution in [0, 0.1) is 0 Å². The highest BCUT2D eigenvalue weighted by Crippen LogP contribution is 2.09. The normalized spacial score (nSPS) is 10.6. The summed E-state index contributed by atoms with van der Waals surface area (Å²) < 4.78 is 0. The number of hydrogen-bond acceptors (Lipinski definition) is 3. The maximum atomic E-state index is 11.7. The van der Waals surface area contributed by atoms with Gasteiger partial charge in [0, 0.05) is 17.6 Å². The van der Waals surface area contributed by atoms with Gasteiger partial charge in [0.05, 0.1) is 6.54 Å². The van der Waals surface area contributed by atoms with Crippen molar-refractivity contribution in [2.75, 3.05) is 6.54 Å². The summed E-state index contributed by atoms with van der Waals surface area (Å²) in [6, 6.07) is 9.22. The maximum Gasteiger partial charge on any atom is 0.317 e. The van der Waals surface area contributed by atoms with E-state index in [2.05, 4.69) is 10.3 Å². The molecule has 0 spiro atoms. The molecule has 1 aromatic heterocycles. The van der Waals surface area contributed by atoms with E-state index in [9.17, 15) is 9.59 Å². The highest BCUT2D eigenvalue weighted by molar-refractivity contribution is 5.78. The Morgan fingerprint density at radius 1 is 1.35 bits per heavy atom. The Morgan fingerprint density at radius 3 is 2.88 bits per heavy atom. The van der Waals surface area contributed by atoms with Crippen molar-refractivity contribution in [2.45, 2.75) is 6.54 Å². The molecule has 0 fully saturated rings. The van der Waals surface area contributed by atoms with Gasteiger partial charge in [-0.25, -0.2) is 0 Å². The lowest BCUT2D eigenvalue weighted by molar-refractivity contribution is -0.135. The summed E-state index contributed by atoms with van der Waals surface area (Å²) in [5.74, 6) is -0.942. The highest BCUT2D eigenvalue weighted by atomic mass is 16.4. The number of carbonyl (C=O) groups is 1. The average Bonchev–Trinajstić information content (AvgIpc) is 2.29. The molecule has 5 heteroatoms. The first-order chi connectivity index (χ1) is 8.16. The summed E-state index contributed by atoms with van der Waals surface area (Å²) in [5, 5.41) is 12.1. The number of para-hydroxylation sites is 1. The predicted octanol–water partition coefficient (Wildman–Crippen LogP) is 0.702. The molecule has 0 unspecified atom stereocenters. The average molecular weight is 232 g/mol. The Balaban J connectivity index is 2.25. The van der Waals surface area contributed by atoms with Gasteiger partial charge in [-0.05, 0) is 17.5 Å². The van der Waals surface area contributed by atoms with Crippen LogP contribution in [0.1, 0.15) is 5.56 Å². The summed E-state index contributed by atoms with van der Waals surface area (Å²) >= 11 is 0. The summed E-state index contributed by atoms with van der Waals surface area (Å²) in [7, 11) is 0. The van der Waals surface area contributed by atoms with Gasteiger partial charge in [-0.1, -0.05) is 18.2 Å². The molecule has 0 atom stereocenters.